The van der Waals surface area contributed by atoms with Crippen LogP contribution in [0.1, 0.15) is 57.2 Å². The summed E-state index contributed by atoms with van der Waals surface area (Å²) < 4.78 is 30.9. The minimum atomic E-state index is -1.50. The monoisotopic (exact) mass is 540 g/mol. The van der Waals surface area contributed by atoms with E-state index >= 15 is 8.78 Å². The van der Waals surface area contributed by atoms with Crippen molar-refractivity contribution in [3.8, 4) is 0 Å². The molecule has 3 atom stereocenters. The maximum atomic E-state index is 15.5. The zero-order valence-electron chi connectivity index (χ0n) is 20.6. The molecule has 1 fully saturated rings. The van der Waals surface area contributed by atoms with Gasteiger partial charge in [0.15, 0.2) is 0 Å². The van der Waals surface area contributed by atoms with E-state index in [9.17, 15) is 9.59 Å². The minimum absolute atomic E-state index is 0.0862. The van der Waals surface area contributed by atoms with Crippen LogP contribution in [0, 0.1) is 23.0 Å². The van der Waals surface area contributed by atoms with Gasteiger partial charge in [-0.25, -0.2) is 13.6 Å². The van der Waals surface area contributed by atoms with E-state index in [2.05, 4.69) is 5.32 Å². The van der Waals surface area contributed by atoms with Gasteiger partial charge in [-0.1, -0.05) is 62.2 Å². The van der Waals surface area contributed by atoms with Crippen molar-refractivity contribution in [2.75, 3.05) is 13.1 Å². The van der Waals surface area contributed by atoms with E-state index in [4.69, 9.17) is 34.7 Å². The van der Waals surface area contributed by atoms with Crippen molar-refractivity contribution in [3.05, 3.63) is 69.2 Å². The molecule has 3 amide bonds. The molecular weight excluding hydrogens is 509 g/mol. The number of benzene rings is 2. The first-order valence-electron chi connectivity index (χ1n) is 11.8. The minimum Gasteiger partial charge on any atom is -0.370 e. The van der Waals surface area contributed by atoms with E-state index in [1.54, 1.807) is 6.07 Å². The summed E-state index contributed by atoms with van der Waals surface area (Å²) in [6.07, 6.45) is 0.974. The zero-order chi connectivity index (χ0) is 26.8. The molecule has 0 radical (unpaired) electrons. The first-order chi connectivity index (χ1) is 16.8. The van der Waals surface area contributed by atoms with Crippen molar-refractivity contribution in [2.45, 2.75) is 51.6 Å². The number of amides is 3. The first kappa shape index (κ1) is 28.2. The highest BCUT2D eigenvalue weighted by Gasteiger charge is 2.57. The molecule has 1 heterocycles. The Bertz CT molecular complexity index is 1140. The van der Waals surface area contributed by atoms with Gasteiger partial charge in [-0.05, 0) is 36.5 Å². The Morgan fingerprint density at radius 2 is 1.89 bits per heavy atom. The van der Waals surface area contributed by atoms with E-state index in [0.717, 1.165) is 6.07 Å². The number of rotatable bonds is 7. The molecule has 1 aliphatic rings. The maximum absolute atomic E-state index is 15.5. The Hall–Kier alpha value is -2.42. The van der Waals surface area contributed by atoms with Gasteiger partial charge in [0.05, 0.1) is 16.6 Å². The molecule has 2 aromatic rings. The van der Waals surface area contributed by atoms with E-state index in [-0.39, 0.29) is 46.1 Å². The summed E-state index contributed by atoms with van der Waals surface area (Å²) in [6, 6.07) is 7.08. The van der Waals surface area contributed by atoms with Crippen LogP contribution >= 0.6 is 23.2 Å². The van der Waals surface area contributed by atoms with Crippen LogP contribution in [0.25, 0.3) is 0 Å². The Labute approximate surface area is 220 Å². The van der Waals surface area contributed by atoms with Crippen LogP contribution < -0.4 is 16.8 Å². The van der Waals surface area contributed by atoms with Gasteiger partial charge in [-0.3, -0.25) is 4.79 Å². The Morgan fingerprint density at radius 3 is 2.50 bits per heavy atom. The van der Waals surface area contributed by atoms with Crippen molar-refractivity contribution >= 4 is 35.1 Å². The first-order valence-corrected chi connectivity index (χ1v) is 12.5. The SMILES string of the molecule is CC(C)(C)C[C@@H]1CN(C(=O)NCCCC(N)=O)[C@H](c2cccc(Cl)c2F)[C@@]1(N)c1ccc(Cl)cc1F. The number of nitrogens with zero attached hydrogens (tertiary/aromatic N) is 1. The van der Waals surface area contributed by atoms with Crippen LogP contribution in [0.2, 0.25) is 10.0 Å². The summed E-state index contributed by atoms with van der Waals surface area (Å²) in [5, 5.41) is 2.83. The van der Waals surface area contributed by atoms with E-state index < -0.39 is 41.1 Å². The zero-order valence-corrected chi connectivity index (χ0v) is 22.1. The van der Waals surface area contributed by atoms with Gasteiger partial charge in [0.1, 0.15) is 11.6 Å². The molecule has 0 bridgehead atoms. The number of hydrogen-bond donors (Lipinski definition) is 3. The second-order valence-corrected chi connectivity index (χ2v) is 11.4. The lowest BCUT2D eigenvalue weighted by Crippen LogP contribution is -2.50. The van der Waals surface area contributed by atoms with Crippen molar-refractivity contribution in [2.24, 2.45) is 22.8 Å². The maximum Gasteiger partial charge on any atom is 0.318 e. The molecule has 1 saturated heterocycles. The molecule has 6 nitrogen and oxygen atoms in total. The lowest BCUT2D eigenvalue weighted by Gasteiger charge is -2.40. The largest absolute Gasteiger partial charge is 0.370 e. The molecule has 5 N–H and O–H groups in total. The lowest BCUT2D eigenvalue weighted by molar-refractivity contribution is -0.118. The average molecular weight is 541 g/mol. The van der Waals surface area contributed by atoms with Crippen LogP contribution in [0.5, 0.6) is 0 Å². The highest BCUT2D eigenvalue weighted by Crippen LogP contribution is 2.53. The number of carbonyl (C=O) groups excluding carboxylic acids is 2. The van der Waals surface area contributed by atoms with Gasteiger partial charge in [0.25, 0.3) is 0 Å². The molecule has 0 aromatic heterocycles. The third-order valence-corrected chi connectivity index (χ3v) is 7.05. The summed E-state index contributed by atoms with van der Waals surface area (Å²) >= 11 is 12.1. The molecular formula is C26H32Cl2F2N4O2. The third kappa shape index (κ3) is 5.93. The molecule has 1 aliphatic heterocycles. The standard InChI is InChI=1S/C26H32Cl2F2N4O2/c1-25(2,3)13-15-14-34(24(36)33-11-5-8-21(31)35)23(17-6-4-7-19(28)22(17)30)26(15,32)18-10-9-16(27)12-20(18)29/h4,6-7,9-10,12,15,23H,5,8,11,13-14,32H2,1-3H3,(H2,31,35)(H,33,36)/t15-,23-,26+/m1/s1. The third-order valence-electron chi connectivity index (χ3n) is 6.53. The summed E-state index contributed by atoms with van der Waals surface area (Å²) in [5.74, 6) is -2.28. The fraction of sp³-hybridized carbons (Fsp3) is 0.462. The number of carbonyl (C=O) groups is 2. The van der Waals surface area contributed by atoms with Crippen molar-refractivity contribution < 1.29 is 18.4 Å². The van der Waals surface area contributed by atoms with E-state index in [0.29, 0.717) is 12.8 Å². The molecule has 36 heavy (non-hydrogen) atoms. The number of hydrogen-bond acceptors (Lipinski definition) is 3. The van der Waals surface area contributed by atoms with Gasteiger partial charge >= 0.3 is 6.03 Å². The van der Waals surface area contributed by atoms with E-state index in [1.165, 1.54) is 29.2 Å². The lowest BCUT2D eigenvalue weighted by atomic mass is 9.69. The van der Waals surface area contributed by atoms with Crippen molar-refractivity contribution in [1.82, 2.24) is 10.2 Å². The van der Waals surface area contributed by atoms with Gasteiger partial charge in [0.2, 0.25) is 5.91 Å². The fourth-order valence-electron chi connectivity index (χ4n) is 5.07. The quantitative estimate of drug-likeness (QED) is 0.403. The molecule has 0 aliphatic carbocycles. The Kier molecular flexibility index (Phi) is 8.53. The number of likely N-dealkylation sites (tertiary alicyclic amines) is 1. The predicted octanol–water partition coefficient (Wildman–Crippen LogP) is 5.51. The van der Waals surface area contributed by atoms with Crippen LogP contribution in [0.4, 0.5) is 13.6 Å². The Morgan fingerprint density at radius 1 is 1.19 bits per heavy atom. The van der Waals surface area contributed by atoms with Crippen molar-refractivity contribution in [3.63, 3.8) is 0 Å². The molecule has 0 saturated carbocycles. The normalized spacial score (nSPS) is 22.1. The molecule has 2 aromatic carbocycles. The summed E-state index contributed by atoms with van der Waals surface area (Å²) in [5.41, 5.74) is 10.8. The molecule has 10 heteroatoms. The molecule has 0 spiro atoms. The van der Waals surface area contributed by atoms with Gasteiger partial charge in [-0.2, -0.15) is 0 Å². The number of primary amides is 1. The second kappa shape index (κ2) is 10.9. The predicted molar refractivity (Wildman–Crippen MR) is 138 cm³/mol. The van der Waals surface area contributed by atoms with Crippen LogP contribution in [0.3, 0.4) is 0 Å². The highest BCUT2D eigenvalue weighted by atomic mass is 35.5. The topological polar surface area (TPSA) is 101 Å². The number of nitrogens with two attached hydrogens (primary N) is 2. The van der Waals surface area contributed by atoms with E-state index in [1.807, 2.05) is 20.8 Å². The summed E-state index contributed by atoms with van der Waals surface area (Å²) in [4.78, 5) is 25.9. The fourth-order valence-corrected chi connectivity index (χ4v) is 5.41. The van der Waals surface area contributed by atoms with Crippen LogP contribution in [0.15, 0.2) is 36.4 Å². The summed E-state index contributed by atoms with van der Waals surface area (Å²) in [6.45, 7) is 6.39. The number of urea groups is 1. The number of nitrogens with one attached hydrogen (secondary N) is 1. The van der Waals surface area contributed by atoms with Crippen LogP contribution in [-0.4, -0.2) is 29.9 Å². The smallest absolute Gasteiger partial charge is 0.318 e. The van der Waals surface area contributed by atoms with Gasteiger partial charge in [0, 0.05) is 41.6 Å². The van der Waals surface area contributed by atoms with Crippen LogP contribution in [-0.2, 0) is 10.3 Å². The Balaban J connectivity index is 2.16. The van der Waals surface area contributed by atoms with Crippen molar-refractivity contribution in [1.29, 1.82) is 0 Å². The highest BCUT2D eigenvalue weighted by molar-refractivity contribution is 6.31. The van der Waals surface area contributed by atoms with Gasteiger partial charge in [-0.15, -0.1) is 0 Å². The van der Waals surface area contributed by atoms with Gasteiger partial charge < -0.3 is 21.7 Å². The molecule has 3 rings (SSSR count). The summed E-state index contributed by atoms with van der Waals surface area (Å²) in [7, 11) is 0. The number of halogens is 4. The molecule has 196 valence electrons. The molecule has 0 unspecified atom stereocenters. The average Bonchev–Trinajstić information content (AvgIpc) is 3.04. The second-order valence-electron chi connectivity index (χ2n) is 10.5.